The Kier molecular flexibility index (Phi) is 4.17. The molecular formula is C10H16N4O. The van der Waals surface area contributed by atoms with E-state index >= 15 is 0 Å². The van der Waals surface area contributed by atoms with Crippen LogP contribution >= 0.6 is 0 Å². The minimum Gasteiger partial charge on any atom is -0.368 e. The van der Waals surface area contributed by atoms with Crippen LogP contribution in [-0.4, -0.2) is 21.9 Å². The quantitative estimate of drug-likeness (QED) is 0.718. The normalized spacial score (nSPS) is 12.7. The van der Waals surface area contributed by atoms with Gasteiger partial charge in [0.05, 0.1) is 11.7 Å². The summed E-state index contributed by atoms with van der Waals surface area (Å²) in [7, 11) is 0. The Balaban J connectivity index is 2.51. The number of carbonyl (C=O) groups excluding carboxylic acids is 1. The van der Waals surface area contributed by atoms with E-state index in [4.69, 9.17) is 5.73 Å². The zero-order chi connectivity index (χ0) is 11.3. The van der Waals surface area contributed by atoms with Crippen molar-refractivity contribution in [1.82, 2.24) is 15.3 Å². The topological polar surface area (TPSA) is 80.9 Å². The molecule has 0 aliphatic rings. The predicted octanol–water partition coefficient (Wildman–Crippen LogP) is 0.0761. The maximum absolute atomic E-state index is 11.1. The van der Waals surface area contributed by atoms with Gasteiger partial charge in [0.25, 0.3) is 0 Å². The van der Waals surface area contributed by atoms with Gasteiger partial charge in [0.1, 0.15) is 6.33 Å². The van der Waals surface area contributed by atoms with Crippen molar-refractivity contribution in [3.63, 3.8) is 0 Å². The third-order valence-corrected chi connectivity index (χ3v) is 2.12. The van der Waals surface area contributed by atoms with Gasteiger partial charge in [-0.3, -0.25) is 10.1 Å². The van der Waals surface area contributed by atoms with E-state index in [9.17, 15) is 4.79 Å². The van der Waals surface area contributed by atoms with Gasteiger partial charge in [-0.15, -0.1) is 0 Å². The van der Waals surface area contributed by atoms with Gasteiger partial charge in [-0.25, -0.2) is 9.97 Å². The second-order valence-electron chi connectivity index (χ2n) is 3.71. The van der Waals surface area contributed by atoms with Crippen molar-refractivity contribution in [1.29, 1.82) is 0 Å². The van der Waals surface area contributed by atoms with Crippen molar-refractivity contribution in [3.05, 3.63) is 24.3 Å². The number of aromatic nitrogens is 2. The molecule has 0 radical (unpaired) electrons. The highest BCUT2D eigenvalue weighted by Gasteiger charge is 2.18. The summed E-state index contributed by atoms with van der Waals surface area (Å²) in [5.41, 5.74) is 6.11. The Bertz CT molecular complexity index is 312. The number of nitrogens with one attached hydrogen (secondary N) is 1. The maximum Gasteiger partial charge on any atom is 0.234 e. The molecule has 0 aromatic carbocycles. The monoisotopic (exact) mass is 208 g/mol. The van der Waals surface area contributed by atoms with Crippen LogP contribution in [0.4, 0.5) is 0 Å². The SMILES string of the molecule is CC(C)C(NCc1ccncn1)C(N)=O. The van der Waals surface area contributed by atoms with E-state index in [0.717, 1.165) is 5.69 Å². The predicted molar refractivity (Wildman–Crippen MR) is 56.7 cm³/mol. The highest BCUT2D eigenvalue weighted by atomic mass is 16.1. The summed E-state index contributed by atoms with van der Waals surface area (Å²) in [5.74, 6) is -0.164. The van der Waals surface area contributed by atoms with Crippen LogP contribution in [0.2, 0.25) is 0 Å². The molecule has 1 rings (SSSR count). The summed E-state index contributed by atoms with van der Waals surface area (Å²) in [4.78, 5) is 18.9. The van der Waals surface area contributed by atoms with E-state index in [2.05, 4.69) is 15.3 Å². The van der Waals surface area contributed by atoms with Gasteiger partial charge < -0.3 is 5.73 Å². The standard InChI is InChI=1S/C10H16N4O/c1-7(2)9(10(11)15)13-5-8-3-4-12-6-14-8/h3-4,6-7,9,13H,5H2,1-2H3,(H2,11,15). The fourth-order valence-electron chi connectivity index (χ4n) is 1.30. The van der Waals surface area contributed by atoms with Gasteiger partial charge in [-0.05, 0) is 12.0 Å². The number of hydrogen-bond acceptors (Lipinski definition) is 4. The van der Waals surface area contributed by atoms with Crippen LogP contribution in [0.3, 0.4) is 0 Å². The number of rotatable bonds is 5. The summed E-state index contributed by atoms with van der Waals surface area (Å²) in [6, 6.07) is 1.48. The number of nitrogens with two attached hydrogens (primary N) is 1. The fraction of sp³-hybridized carbons (Fsp3) is 0.500. The highest BCUT2D eigenvalue weighted by Crippen LogP contribution is 2.02. The molecule has 5 heteroatoms. The average Bonchev–Trinajstić information content (AvgIpc) is 2.18. The third kappa shape index (κ3) is 3.63. The van der Waals surface area contributed by atoms with E-state index in [1.807, 2.05) is 13.8 Å². The van der Waals surface area contributed by atoms with Gasteiger partial charge >= 0.3 is 0 Å². The average molecular weight is 208 g/mol. The molecule has 1 heterocycles. The molecule has 1 unspecified atom stereocenters. The van der Waals surface area contributed by atoms with E-state index in [1.165, 1.54) is 6.33 Å². The Morgan fingerprint density at radius 3 is 2.80 bits per heavy atom. The Morgan fingerprint density at radius 1 is 1.60 bits per heavy atom. The van der Waals surface area contributed by atoms with Gasteiger partial charge in [0.15, 0.2) is 0 Å². The molecule has 15 heavy (non-hydrogen) atoms. The molecule has 0 bridgehead atoms. The molecular weight excluding hydrogens is 192 g/mol. The molecule has 0 saturated carbocycles. The van der Waals surface area contributed by atoms with Crippen molar-refractivity contribution < 1.29 is 4.79 Å². The van der Waals surface area contributed by atoms with Crippen LogP contribution in [0, 0.1) is 5.92 Å². The number of carbonyl (C=O) groups is 1. The molecule has 1 aromatic heterocycles. The lowest BCUT2D eigenvalue weighted by Gasteiger charge is -2.18. The molecule has 3 N–H and O–H groups in total. The zero-order valence-electron chi connectivity index (χ0n) is 8.97. The first-order chi connectivity index (χ1) is 7.11. The zero-order valence-corrected chi connectivity index (χ0v) is 8.97. The lowest BCUT2D eigenvalue weighted by molar-refractivity contribution is -0.121. The first-order valence-corrected chi connectivity index (χ1v) is 4.89. The van der Waals surface area contributed by atoms with E-state index in [0.29, 0.717) is 6.54 Å². The Labute approximate surface area is 89.1 Å². The largest absolute Gasteiger partial charge is 0.368 e. The molecule has 1 amide bonds. The second kappa shape index (κ2) is 5.41. The van der Waals surface area contributed by atoms with Crippen molar-refractivity contribution >= 4 is 5.91 Å². The molecule has 5 nitrogen and oxygen atoms in total. The Hall–Kier alpha value is -1.49. The van der Waals surface area contributed by atoms with Crippen LogP contribution in [0.25, 0.3) is 0 Å². The van der Waals surface area contributed by atoms with Crippen LogP contribution in [0.5, 0.6) is 0 Å². The highest BCUT2D eigenvalue weighted by molar-refractivity contribution is 5.80. The summed E-state index contributed by atoms with van der Waals surface area (Å²) in [6.07, 6.45) is 3.14. The number of nitrogens with zero attached hydrogens (tertiary/aromatic N) is 2. The second-order valence-corrected chi connectivity index (χ2v) is 3.71. The van der Waals surface area contributed by atoms with Crippen LogP contribution in [0.15, 0.2) is 18.6 Å². The first kappa shape index (κ1) is 11.6. The summed E-state index contributed by atoms with van der Waals surface area (Å²) in [6.45, 7) is 4.42. The Morgan fingerprint density at radius 2 is 2.33 bits per heavy atom. The fourth-order valence-corrected chi connectivity index (χ4v) is 1.30. The molecule has 0 aliphatic carbocycles. The lowest BCUT2D eigenvalue weighted by atomic mass is 10.0. The van der Waals surface area contributed by atoms with Crippen molar-refractivity contribution in [3.8, 4) is 0 Å². The lowest BCUT2D eigenvalue weighted by Crippen LogP contribution is -2.44. The molecule has 1 atom stereocenters. The van der Waals surface area contributed by atoms with Crippen LogP contribution < -0.4 is 11.1 Å². The first-order valence-electron chi connectivity index (χ1n) is 4.89. The maximum atomic E-state index is 11.1. The molecule has 0 saturated heterocycles. The number of amides is 1. The van der Waals surface area contributed by atoms with Crippen LogP contribution in [0.1, 0.15) is 19.5 Å². The van der Waals surface area contributed by atoms with Gasteiger partial charge in [-0.2, -0.15) is 0 Å². The van der Waals surface area contributed by atoms with Crippen molar-refractivity contribution in [2.45, 2.75) is 26.4 Å². The van der Waals surface area contributed by atoms with Gasteiger partial charge in [0.2, 0.25) is 5.91 Å². The number of primary amides is 1. The van der Waals surface area contributed by atoms with Crippen LogP contribution in [-0.2, 0) is 11.3 Å². The molecule has 0 spiro atoms. The third-order valence-electron chi connectivity index (χ3n) is 2.12. The number of hydrogen-bond donors (Lipinski definition) is 2. The van der Waals surface area contributed by atoms with E-state index < -0.39 is 0 Å². The van der Waals surface area contributed by atoms with Gasteiger partial charge in [-0.1, -0.05) is 13.8 Å². The molecule has 0 fully saturated rings. The van der Waals surface area contributed by atoms with Gasteiger partial charge in [0, 0.05) is 12.7 Å². The van der Waals surface area contributed by atoms with Crippen molar-refractivity contribution in [2.24, 2.45) is 11.7 Å². The smallest absolute Gasteiger partial charge is 0.234 e. The van der Waals surface area contributed by atoms with E-state index in [1.54, 1.807) is 12.3 Å². The summed E-state index contributed by atoms with van der Waals surface area (Å²) in [5, 5.41) is 3.07. The summed E-state index contributed by atoms with van der Waals surface area (Å²) >= 11 is 0. The van der Waals surface area contributed by atoms with Crippen molar-refractivity contribution in [2.75, 3.05) is 0 Å². The minimum absolute atomic E-state index is 0.171. The minimum atomic E-state index is -0.334. The molecule has 1 aromatic rings. The molecule has 0 aliphatic heterocycles. The van der Waals surface area contributed by atoms with E-state index in [-0.39, 0.29) is 17.9 Å². The summed E-state index contributed by atoms with van der Waals surface area (Å²) < 4.78 is 0. The molecule has 82 valence electrons.